The van der Waals surface area contributed by atoms with E-state index < -0.39 is 0 Å². The van der Waals surface area contributed by atoms with Crippen LogP contribution in [0.4, 0.5) is 21.7 Å². The van der Waals surface area contributed by atoms with Gasteiger partial charge in [0, 0.05) is 63.1 Å². The van der Waals surface area contributed by atoms with Gasteiger partial charge in [-0.25, -0.2) is 9.37 Å². The monoisotopic (exact) mass is 516 g/mol. The van der Waals surface area contributed by atoms with E-state index in [2.05, 4.69) is 48.2 Å². The summed E-state index contributed by atoms with van der Waals surface area (Å²) in [5, 5.41) is 7.68. The van der Waals surface area contributed by atoms with E-state index in [0.29, 0.717) is 29.0 Å². The highest BCUT2D eigenvalue weighted by molar-refractivity contribution is 5.69. The molecule has 198 valence electrons. The van der Waals surface area contributed by atoms with Crippen LogP contribution in [-0.2, 0) is 0 Å². The predicted octanol–water partition coefficient (Wildman–Crippen LogP) is 3.90. The van der Waals surface area contributed by atoms with Crippen molar-refractivity contribution in [3.05, 3.63) is 60.5 Å². The SMILES string of the molecule is COc1cc(Nc2nc(-c3ccccc3F)nc3ccnn23)ccc1N1CCC(N2CCN(C)CC2)CC1. The van der Waals surface area contributed by atoms with Crippen molar-refractivity contribution in [2.24, 2.45) is 0 Å². The van der Waals surface area contributed by atoms with E-state index in [0.717, 1.165) is 69.2 Å². The fourth-order valence-electron chi connectivity index (χ4n) is 5.47. The lowest BCUT2D eigenvalue weighted by atomic mass is 10.0. The number of rotatable bonds is 6. The van der Waals surface area contributed by atoms with Crippen LogP contribution >= 0.6 is 0 Å². The molecule has 1 N–H and O–H groups in total. The Kier molecular flexibility index (Phi) is 6.82. The third-order valence-electron chi connectivity index (χ3n) is 7.67. The standard InChI is InChI=1S/C28H33FN8O/c1-34-15-17-35(18-16-34)21-10-13-36(14-11-21)24-8-7-20(19-25(24)38-2)31-28-33-27(22-5-3-4-6-23(22)29)32-26-9-12-30-37(26)28/h3-9,12,19,21H,10-11,13-18H2,1-2H3,(H,31,32,33). The largest absolute Gasteiger partial charge is 0.495 e. The van der Waals surface area contributed by atoms with E-state index in [4.69, 9.17) is 4.74 Å². The van der Waals surface area contributed by atoms with Gasteiger partial charge in [0.2, 0.25) is 5.95 Å². The summed E-state index contributed by atoms with van der Waals surface area (Å²) in [6.07, 6.45) is 3.96. The summed E-state index contributed by atoms with van der Waals surface area (Å²) >= 11 is 0. The van der Waals surface area contributed by atoms with E-state index in [1.165, 1.54) is 6.07 Å². The van der Waals surface area contributed by atoms with Gasteiger partial charge in [0.25, 0.3) is 0 Å². The molecule has 2 fully saturated rings. The number of halogens is 1. The van der Waals surface area contributed by atoms with Crippen molar-refractivity contribution in [1.29, 1.82) is 0 Å². The summed E-state index contributed by atoms with van der Waals surface area (Å²) in [6, 6.07) is 15.0. The molecule has 2 aliphatic rings. The average Bonchev–Trinajstić information content (AvgIpc) is 3.43. The number of fused-ring (bicyclic) bond motifs is 1. The molecule has 0 amide bonds. The van der Waals surface area contributed by atoms with Gasteiger partial charge >= 0.3 is 0 Å². The fraction of sp³-hybridized carbons (Fsp3) is 0.393. The Morgan fingerprint density at radius 2 is 1.74 bits per heavy atom. The van der Waals surface area contributed by atoms with Crippen LogP contribution in [0.25, 0.3) is 17.0 Å². The predicted molar refractivity (Wildman–Crippen MR) is 147 cm³/mol. The number of methoxy groups -OCH3 is 1. The number of anilines is 3. The van der Waals surface area contributed by atoms with E-state index in [9.17, 15) is 4.39 Å². The van der Waals surface area contributed by atoms with Crippen LogP contribution in [0.15, 0.2) is 54.7 Å². The van der Waals surface area contributed by atoms with Crippen molar-refractivity contribution in [1.82, 2.24) is 29.4 Å². The van der Waals surface area contributed by atoms with E-state index in [1.54, 1.807) is 42.1 Å². The first kappa shape index (κ1) is 24.6. The molecule has 0 bridgehead atoms. The molecule has 6 rings (SSSR count). The molecule has 2 aliphatic heterocycles. The number of ether oxygens (including phenoxy) is 1. The van der Waals surface area contributed by atoms with Crippen LogP contribution in [0.5, 0.6) is 5.75 Å². The number of nitrogens with zero attached hydrogens (tertiary/aromatic N) is 7. The second-order valence-corrected chi connectivity index (χ2v) is 10.0. The average molecular weight is 517 g/mol. The molecule has 4 heterocycles. The summed E-state index contributed by atoms with van der Waals surface area (Å²) in [7, 11) is 3.90. The first-order valence-corrected chi connectivity index (χ1v) is 13.2. The van der Waals surface area contributed by atoms with Crippen LogP contribution in [0.3, 0.4) is 0 Å². The Labute approximate surface area is 221 Å². The Bertz CT molecular complexity index is 1410. The Morgan fingerprint density at radius 3 is 2.50 bits per heavy atom. The third kappa shape index (κ3) is 4.89. The zero-order chi connectivity index (χ0) is 26.1. The lowest BCUT2D eigenvalue weighted by molar-refractivity contribution is 0.0981. The van der Waals surface area contributed by atoms with Gasteiger partial charge in [0.15, 0.2) is 11.5 Å². The van der Waals surface area contributed by atoms with Crippen LogP contribution in [0, 0.1) is 5.82 Å². The Morgan fingerprint density at radius 1 is 0.947 bits per heavy atom. The van der Waals surface area contributed by atoms with Crippen LogP contribution in [-0.4, -0.2) is 88.8 Å². The molecule has 38 heavy (non-hydrogen) atoms. The normalized spacial score (nSPS) is 17.7. The molecule has 9 nitrogen and oxygen atoms in total. The van der Waals surface area contributed by atoms with Crippen LogP contribution in [0.2, 0.25) is 0 Å². The maximum absolute atomic E-state index is 14.5. The Hall–Kier alpha value is -3.76. The number of likely N-dealkylation sites (N-methyl/N-ethyl adjacent to an activating group) is 1. The highest BCUT2D eigenvalue weighted by atomic mass is 19.1. The molecule has 2 saturated heterocycles. The van der Waals surface area contributed by atoms with Crippen LogP contribution in [0.1, 0.15) is 12.8 Å². The molecule has 2 aromatic heterocycles. The second kappa shape index (κ2) is 10.5. The van der Waals surface area contributed by atoms with Gasteiger partial charge in [-0.3, -0.25) is 4.90 Å². The Balaban J connectivity index is 1.21. The van der Waals surface area contributed by atoms with Gasteiger partial charge in [-0.15, -0.1) is 0 Å². The third-order valence-corrected chi connectivity index (χ3v) is 7.67. The zero-order valence-electron chi connectivity index (χ0n) is 21.8. The van der Waals surface area contributed by atoms with Crippen molar-refractivity contribution < 1.29 is 9.13 Å². The molecule has 0 atom stereocenters. The fourth-order valence-corrected chi connectivity index (χ4v) is 5.47. The zero-order valence-corrected chi connectivity index (χ0v) is 21.8. The van der Waals surface area contributed by atoms with Crippen molar-refractivity contribution in [2.75, 3.05) is 63.6 Å². The van der Waals surface area contributed by atoms with E-state index in [-0.39, 0.29) is 5.82 Å². The second-order valence-electron chi connectivity index (χ2n) is 10.0. The summed E-state index contributed by atoms with van der Waals surface area (Å²) in [5.41, 5.74) is 2.81. The van der Waals surface area contributed by atoms with Crippen molar-refractivity contribution >= 4 is 23.0 Å². The van der Waals surface area contributed by atoms with Gasteiger partial charge in [-0.1, -0.05) is 12.1 Å². The first-order chi connectivity index (χ1) is 18.6. The van der Waals surface area contributed by atoms with Gasteiger partial charge in [0.1, 0.15) is 11.6 Å². The molecule has 2 aromatic carbocycles. The van der Waals surface area contributed by atoms with E-state index in [1.807, 2.05) is 12.1 Å². The smallest absolute Gasteiger partial charge is 0.232 e. The number of benzene rings is 2. The van der Waals surface area contributed by atoms with Crippen LogP contribution < -0.4 is 15.0 Å². The number of hydrogen-bond donors (Lipinski definition) is 1. The van der Waals surface area contributed by atoms with Crippen molar-refractivity contribution in [3.63, 3.8) is 0 Å². The lowest BCUT2D eigenvalue weighted by Gasteiger charge is -2.42. The molecule has 0 aliphatic carbocycles. The number of aromatic nitrogens is 4. The van der Waals surface area contributed by atoms with Gasteiger partial charge < -0.3 is 19.9 Å². The van der Waals surface area contributed by atoms with Gasteiger partial charge in [-0.05, 0) is 44.2 Å². The number of piperidine rings is 1. The maximum atomic E-state index is 14.5. The van der Waals surface area contributed by atoms with Crippen molar-refractivity contribution in [3.8, 4) is 17.1 Å². The number of hydrogen-bond acceptors (Lipinski definition) is 8. The minimum absolute atomic E-state index is 0.297. The van der Waals surface area contributed by atoms with Gasteiger partial charge in [-0.2, -0.15) is 14.6 Å². The molecular formula is C28H33FN8O. The first-order valence-electron chi connectivity index (χ1n) is 13.2. The molecule has 0 radical (unpaired) electrons. The summed E-state index contributed by atoms with van der Waals surface area (Å²) in [6.45, 7) is 6.65. The topological polar surface area (TPSA) is 74.1 Å². The minimum Gasteiger partial charge on any atom is -0.495 e. The molecule has 0 unspecified atom stereocenters. The highest BCUT2D eigenvalue weighted by Crippen LogP contribution is 2.35. The quantitative estimate of drug-likeness (QED) is 0.414. The maximum Gasteiger partial charge on any atom is 0.232 e. The summed E-state index contributed by atoms with van der Waals surface area (Å²) in [4.78, 5) is 16.6. The lowest BCUT2D eigenvalue weighted by Crippen LogP contribution is -2.52. The molecule has 0 spiro atoms. The highest BCUT2D eigenvalue weighted by Gasteiger charge is 2.27. The summed E-state index contributed by atoms with van der Waals surface area (Å²) < 4.78 is 21.9. The number of nitrogens with one attached hydrogen (secondary N) is 1. The minimum atomic E-state index is -0.371. The summed E-state index contributed by atoms with van der Waals surface area (Å²) in [5.74, 6) is 1.17. The molecular weight excluding hydrogens is 483 g/mol. The number of piperazine rings is 1. The van der Waals surface area contributed by atoms with Gasteiger partial charge in [0.05, 0.1) is 24.6 Å². The van der Waals surface area contributed by atoms with E-state index >= 15 is 0 Å². The van der Waals surface area contributed by atoms with Crippen molar-refractivity contribution in [2.45, 2.75) is 18.9 Å². The molecule has 4 aromatic rings. The molecule has 0 saturated carbocycles. The molecule has 10 heteroatoms.